The Labute approximate surface area is 145 Å². The van der Waals surface area contributed by atoms with Crippen LogP contribution in [0.15, 0.2) is 71.3 Å². The molecular formula is C20H18N2O3. The SMILES string of the molecule is Cc1ccc(NC(=O)c2ccc(C(=O)NCc3ccco3)cc2)cc1. The van der Waals surface area contributed by atoms with Gasteiger partial charge in [0, 0.05) is 16.8 Å². The van der Waals surface area contributed by atoms with E-state index in [2.05, 4.69) is 10.6 Å². The molecule has 1 aromatic heterocycles. The van der Waals surface area contributed by atoms with Crippen LogP contribution in [-0.2, 0) is 6.54 Å². The number of hydrogen-bond donors (Lipinski definition) is 2. The molecule has 2 N–H and O–H groups in total. The van der Waals surface area contributed by atoms with Gasteiger partial charge in [0.2, 0.25) is 0 Å². The minimum Gasteiger partial charge on any atom is -0.467 e. The molecule has 1 heterocycles. The van der Waals surface area contributed by atoms with E-state index in [1.807, 2.05) is 31.2 Å². The van der Waals surface area contributed by atoms with Gasteiger partial charge in [-0.1, -0.05) is 17.7 Å². The Kier molecular flexibility index (Phi) is 4.95. The van der Waals surface area contributed by atoms with Gasteiger partial charge in [-0.3, -0.25) is 9.59 Å². The fourth-order valence-electron chi connectivity index (χ4n) is 2.30. The lowest BCUT2D eigenvalue weighted by molar-refractivity contribution is 0.0946. The van der Waals surface area contributed by atoms with E-state index in [4.69, 9.17) is 4.42 Å². The number of carbonyl (C=O) groups excluding carboxylic acids is 2. The predicted octanol–water partition coefficient (Wildman–Crippen LogP) is 3.77. The van der Waals surface area contributed by atoms with Crippen molar-refractivity contribution in [3.63, 3.8) is 0 Å². The lowest BCUT2D eigenvalue weighted by atomic mass is 10.1. The van der Waals surface area contributed by atoms with Crippen LogP contribution >= 0.6 is 0 Å². The summed E-state index contributed by atoms with van der Waals surface area (Å²) in [6, 6.07) is 17.6. The van der Waals surface area contributed by atoms with Crippen LogP contribution in [-0.4, -0.2) is 11.8 Å². The van der Waals surface area contributed by atoms with Crippen molar-refractivity contribution in [1.82, 2.24) is 5.32 Å². The Morgan fingerprint density at radius 3 is 2.12 bits per heavy atom. The first-order valence-corrected chi connectivity index (χ1v) is 7.90. The first-order valence-electron chi connectivity index (χ1n) is 7.90. The molecule has 5 nitrogen and oxygen atoms in total. The molecule has 0 fully saturated rings. The van der Waals surface area contributed by atoms with E-state index in [0.29, 0.717) is 23.4 Å². The van der Waals surface area contributed by atoms with E-state index in [0.717, 1.165) is 11.3 Å². The summed E-state index contributed by atoms with van der Waals surface area (Å²) in [7, 11) is 0. The molecule has 2 aromatic carbocycles. The second-order valence-electron chi connectivity index (χ2n) is 5.66. The summed E-state index contributed by atoms with van der Waals surface area (Å²) < 4.78 is 5.17. The van der Waals surface area contributed by atoms with Gasteiger partial charge in [0.15, 0.2) is 0 Å². The highest BCUT2D eigenvalue weighted by molar-refractivity contribution is 6.05. The Hall–Kier alpha value is -3.34. The molecule has 0 aliphatic heterocycles. The van der Waals surface area contributed by atoms with Crippen molar-refractivity contribution in [1.29, 1.82) is 0 Å². The van der Waals surface area contributed by atoms with Crippen LogP contribution in [0.3, 0.4) is 0 Å². The van der Waals surface area contributed by atoms with Crippen LogP contribution < -0.4 is 10.6 Å². The van der Waals surface area contributed by atoms with Gasteiger partial charge >= 0.3 is 0 Å². The molecule has 3 rings (SSSR count). The predicted molar refractivity (Wildman–Crippen MR) is 95.5 cm³/mol. The fraction of sp³-hybridized carbons (Fsp3) is 0.100. The maximum absolute atomic E-state index is 12.2. The van der Waals surface area contributed by atoms with Crippen LogP contribution in [0.1, 0.15) is 32.0 Å². The molecule has 0 spiro atoms. The van der Waals surface area contributed by atoms with E-state index in [9.17, 15) is 9.59 Å². The van der Waals surface area contributed by atoms with E-state index >= 15 is 0 Å². The van der Waals surface area contributed by atoms with Gasteiger partial charge in [-0.2, -0.15) is 0 Å². The molecule has 25 heavy (non-hydrogen) atoms. The molecule has 0 saturated carbocycles. The summed E-state index contributed by atoms with van der Waals surface area (Å²) in [5, 5.41) is 5.59. The highest BCUT2D eigenvalue weighted by atomic mass is 16.3. The molecule has 0 saturated heterocycles. The number of amides is 2. The van der Waals surface area contributed by atoms with Crippen LogP contribution in [0.2, 0.25) is 0 Å². The second kappa shape index (κ2) is 7.49. The van der Waals surface area contributed by atoms with Crippen molar-refractivity contribution in [3.8, 4) is 0 Å². The van der Waals surface area contributed by atoms with Gasteiger partial charge in [-0.15, -0.1) is 0 Å². The van der Waals surface area contributed by atoms with Crippen molar-refractivity contribution in [2.45, 2.75) is 13.5 Å². The fourth-order valence-corrected chi connectivity index (χ4v) is 2.30. The van der Waals surface area contributed by atoms with E-state index in [1.54, 1.807) is 42.7 Å². The number of carbonyl (C=O) groups is 2. The lowest BCUT2D eigenvalue weighted by Gasteiger charge is -2.07. The minimum atomic E-state index is -0.220. The normalized spacial score (nSPS) is 10.3. The number of aryl methyl sites for hydroxylation is 1. The summed E-state index contributed by atoms with van der Waals surface area (Å²) in [5.74, 6) is 0.246. The summed E-state index contributed by atoms with van der Waals surface area (Å²) in [4.78, 5) is 24.3. The van der Waals surface area contributed by atoms with Gasteiger partial charge < -0.3 is 15.1 Å². The number of benzene rings is 2. The van der Waals surface area contributed by atoms with Gasteiger partial charge in [0.25, 0.3) is 11.8 Å². The van der Waals surface area contributed by atoms with Crippen molar-refractivity contribution in [2.24, 2.45) is 0 Å². The third kappa shape index (κ3) is 4.35. The van der Waals surface area contributed by atoms with Crippen LogP contribution in [0, 0.1) is 6.92 Å². The number of anilines is 1. The number of furan rings is 1. The summed E-state index contributed by atoms with van der Waals surface area (Å²) in [6.45, 7) is 2.31. The van der Waals surface area contributed by atoms with Gasteiger partial charge in [-0.25, -0.2) is 0 Å². The lowest BCUT2D eigenvalue weighted by Crippen LogP contribution is -2.22. The minimum absolute atomic E-state index is 0.216. The Morgan fingerprint density at radius 1 is 0.880 bits per heavy atom. The molecule has 5 heteroatoms. The van der Waals surface area contributed by atoms with Gasteiger partial charge in [0.1, 0.15) is 5.76 Å². The monoisotopic (exact) mass is 334 g/mol. The maximum Gasteiger partial charge on any atom is 0.255 e. The molecule has 0 bridgehead atoms. The molecule has 3 aromatic rings. The molecule has 0 unspecified atom stereocenters. The third-order valence-corrected chi connectivity index (χ3v) is 3.72. The molecule has 0 atom stereocenters. The van der Waals surface area contributed by atoms with Gasteiger partial charge in [0.05, 0.1) is 12.8 Å². The maximum atomic E-state index is 12.2. The molecule has 0 aliphatic rings. The van der Waals surface area contributed by atoms with E-state index < -0.39 is 0 Å². The van der Waals surface area contributed by atoms with Crippen molar-refractivity contribution in [2.75, 3.05) is 5.32 Å². The Balaban J connectivity index is 1.60. The highest BCUT2D eigenvalue weighted by Gasteiger charge is 2.09. The number of nitrogens with one attached hydrogen (secondary N) is 2. The van der Waals surface area contributed by atoms with Crippen molar-refractivity contribution < 1.29 is 14.0 Å². The Bertz CT molecular complexity index is 851. The van der Waals surface area contributed by atoms with E-state index in [-0.39, 0.29) is 11.8 Å². The average Bonchev–Trinajstić information content (AvgIpc) is 3.15. The quantitative estimate of drug-likeness (QED) is 0.746. The molecule has 0 aliphatic carbocycles. The smallest absolute Gasteiger partial charge is 0.255 e. The number of rotatable bonds is 5. The summed E-state index contributed by atoms with van der Waals surface area (Å²) in [6.07, 6.45) is 1.56. The summed E-state index contributed by atoms with van der Waals surface area (Å²) in [5.41, 5.74) is 2.83. The molecule has 126 valence electrons. The summed E-state index contributed by atoms with van der Waals surface area (Å²) >= 11 is 0. The van der Waals surface area contributed by atoms with Crippen LogP contribution in [0.5, 0.6) is 0 Å². The second-order valence-corrected chi connectivity index (χ2v) is 5.66. The van der Waals surface area contributed by atoms with Crippen molar-refractivity contribution in [3.05, 3.63) is 89.4 Å². The molecule has 2 amide bonds. The third-order valence-electron chi connectivity index (χ3n) is 3.72. The Morgan fingerprint density at radius 2 is 1.52 bits per heavy atom. The zero-order valence-electron chi connectivity index (χ0n) is 13.8. The zero-order valence-corrected chi connectivity index (χ0v) is 13.8. The molecule has 0 radical (unpaired) electrons. The molecular weight excluding hydrogens is 316 g/mol. The first-order chi connectivity index (χ1) is 12.1. The number of hydrogen-bond acceptors (Lipinski definition) is 3. The first kappa shape index (κ1) is 16.5. The van der Waals surface area contributed by atoms with Crippen molar-refractivity contribution >= 4 is 17.5 Å². The van der Waals surface area contributed by atoms with Crippen LogP contribution in [0.25, 0.3) is 0 Å². The average molecular weight is 334 g/mol. The van der Waals surface area contributed by atoms with E-state index in [1.165, 1.54) is 0 Å². The van der Waals surface area contributed by atoms with Gasteiger partial charge in [-0.05, 0) is 55.5 Å². The largest absolute Gasteiger partial charge is 0.467 e. The topological polar surface area (TPSA) is 71.3 Å². The zero-order chi connectivity index (χ0) is 17.6. The van der Waals surface area contributed by atoms with Crippen LogP contribution in [0.4, 0.5) is 5.69 Å². The highest BCUT2D eigenvalue weighted by Crippen LogP contribution is 2.12. The standard InChI is InChI=1S/C20H18N2O3/c1-14-4-10-17(11-5-14)22-20(24)16-8-6-15(7-9-16)19(23)21-13-18-3-2-12-25-18/h2-12H,13H2,1H3,(H,21,23)(H,22,24).